The Balaban J connectivity index is 1.86. The van der Waals surface area contributed by atoms with Gasteiger partial charge in [-0.25, -0.2) is 9.37 Å². The number of hydrogen-bond donors (Lipinski definition) is 1. The molecule has 0 radical (unpaired) electrons. The van der Waals surface area contributed by atoms with Crippen molar-refractivity contribution in [2.75, 3.05) is 11.1 Å². The van der Waals surface area contributed by atoms with E-state index in [1.807, 2.05) is 26.0 Å². The minimum Gasteiger partial charge on any atom is -0.382 e. The number of aryl methyl sites for hydroxylation is 1. The van der Waals surface area contributed by atoms with Crippen molar-refractivity contribution in [1.82, 2.24) is 4.98 Å². The molecule has 0 spiro atoms. The molecule has 0 aliphatic heterocycles. The van der Waals surface area contributed by atoms with Crippen LogP contribution in [0.2, 0.25) is 0 Å². The molecular weight excluding hydrogens is 311 g/mol. The van der Waals surface area contributed by atoms with Crippen LogP contribution >= 0.6 is 0 Å². The Morgan fingerprint density at radius 2 is 2.22 bits per heavy atom. The van der Waals surface area contributed by atoms with E-state index in [2.05, 4.69) is 10.3 Å². The molecule has 1 aromatic heterocycles. The van der Waals surface area contributed by atoms with Crippen molar-refractivity contribution >= 4 is 27.4 Å². The lowest BCUT2D eigenvalue weighted by atomic mass is 9.94. The van der Waals surface area contributed by atoms with Gasteiger partial charge in [0.15, 0.2) is 0 Å². The third-order valence-electron chi connectivity index (χ3n) is 4.56. The molecule has 1 aliphatic rings. The Labute approximate surface area is 139 Å². The van der Waals surface area contributed by atoms with E-state index in [9.17, 15) is 8.60 Å². The summed E-state index contributed by atoms with van der Waals surface area (Å²) < 4.78 is 26.1. The molecule has 1 saturated carbocycles. The fraction of sp³-hybridized carbons (Fsp3) is 0.500. The lowest BCUT2D eigenvalue weighted by molar-refractivity contribution is 0.465. The van der Waals surface area contributed by atoms with Gasteiger partial charge in [-0.3, -0.25) is 4.21 Å². The lowest BCUT2D eigenvalue weighted by Crippen LogP contribution is -2.33. The van der Waals surface area contributed by atoms with Crippen molar-refractivity contribution in [2.45, 2.75) is 50.8 Å². The Morgan fingerprint density at radius 3 is 3.00 bits per heavy atom. The number of nitrogens with one attached hydrogen (secondary N) is 1. The summed E-state index contributed by atoms with van der Waals surface area (Å²) in [6, 6.07) is 7.33. The highest BCUT2D eigenvalue weighted by molar-refractivity contribution is 7.85. The first kappa shape index (κ1) is 16.4. The lowest BCUT2D eigenvalue weighted by Gasteiger charge is -2.30. The first-order chi connectivity index (χ1) is 11.1. The van der Waals surface area contributed by atoms with Gasteiger partial charge >= 0.3 is 0 Å². The van der Waals surface area contributed by atoms with Gasteiger partial charge in [0.25, 0.3) is 0 Å². The largest absolute Gasteiger partial charge is 0.382 e. The zero-order chi connectivity index (χ0) is 16.4. The van der Waals surface area contributed by atoms with E-state index in [1.165, 1.54) is 6.07 Å². The number of fused-ring (bicyclic) bond motifs is 1. The number of anilines is 1. The Hall–Kier alpha value is -1.49. The second-order valence-corrected chi connectivity index (χ2v) is 8.25. The molecule has 23 heavy (non-hydrogen) atoms. The van der Waals surface area contributed by atoms with Crippen molar-refractivity contribution in [3.8, 4) is 0 Å². The van der Waals surface area contributed by atoms with Crippen LogP contribution in [0.25, 0.3) is 10.9 Å². The maximum Gasteiger partial charge on any atom is 0.149 e. The van der Waals surface area contributed by atoms with E-state index in [4.69, 9.17) is 0 Å². The fourth-order valence-corrected chi connectivity index (χ4v) is 4.78. The van der Waals surface area contributed by atoms with E-state index < -0.39 is 10.8 Å². The number of nitrogens with zero attached hydrogens (tertiary/aromatic N) is 1. The predicted molar refractivity (Wildman–Crippen MR) is 94.8 cm³/mol. The van der Waals surface area contributed by atoms with Gasteiger partial charge in [-0.2, -0.15) is 0 Å². The standard InChI is InChI=1S/C18H23FN2OS/c1-3-23(22)14-7-4-6-13(11-14)21-17-10-12(2)20-18-15(17)8-5-9-16(18)19/h5,8-10,13-14H,3-4,6-7,11H2,1-2H3,(H,20,21). The molecule has 3 rings (SSSR count). The van der Waals surface area contributed by atoms with Crippen LogP contribution in [0.1, 0.15) is 38.3 Å². The summed E-state index contributed by atoms with van der Waals surface area (Å²) in [5.41, 5.74) is 2.15. The number of halogens is 1. The Kier molecular flexibility index (Phi) is 4.95. The first-order valence-corrected chi connectivity index (χ1v) is 9.66. The minimum absolute atomic E-state index is 0.275. The molecule has 0 amide bonds. The van der Waals surface area contributed by atoms with E-state index in [0.717, 1.165) is 48.2 Å². The highest BCUT2D eigenvalue weighted by Crippen LogP contribution is 2.30. The smallest absolute Gasteiger partial charge is 0.149 e. The van der Waals surface area contributed by atoms with Crippen LogP contribution in [0.5, 0.6) is 0 Å². The van der Waals surface area contributed by atoms with Crippen molar-refractivity contribution in [3.63, 3.8) is 0 Å². The van der Waals surface area contributed by atoms with Gasteiger partial charge < -0.3 is 5.32 Å². The number of aromatic nitrogens is 1. The molecule has 1 fully saturated rings. The molecule has 5 heteroatoms. The fourth-order valence-electron chi connectivity index (χ4n) is 3.43. The number of hydrogen-bond acceptors (Lipinski definition) is 3. The maximum atomic E-state index is 14.0. The topological polar surface area (TPSA) is 42.0 Å². The molecular formula is C18H23FN2OS. The van der Waals surface area contributed by atoms with Crippen LogP contribution in [0, 0.1) is 12.7 Å². The molecule has 3 unspecified atom stereocenters. The summed E-state index contributed by atoms with van der Waals surface area (Å²) >= 11 is 0. The minimum atomic E-state index is -0.740. The summed E-state index contributed by atoms with van der Waals surface area (Å²) in [4.78, 5) is 4.32. The highest BCUT2D eigenvalue weighted by Gasteiger charge is 2.26. The molecule has 0 saturated heterocycles. The SMILES string of the molecule is CCS(=O)C1CCCC(Nc2cc(C)nc3c(F)cccc23)C1. The summed E-state index contributed by atoms with van der Waals surface area (Å²) in [5, 5.41) is 4.65. The van der Waals surface area contributed by atoms with E-state index >= 15 is 0 Å². The molecule has 1 aliphatic carbocycles. The van der Waals surface area contributed by atoms with Crippen molar-refractivity contribution in [3.05, 3.63) is 35.8 Å². The summed E-state index contributed by atoms with van der Waals surface area (Å²) in [6.07, 6.45) is 4.11. The van der Waals surface area contributed by atoms with Gasteiger partial charge in [0, 0.05) is 44.6 Å². The number of benzene rings is 1. The normalized spacial score (nSPS) is 22.9. The molecule has 1 heterocycles. The van der Waals surface area contributed by atoms with Crippen molar-refractivity contribution in [1.29, 1.82) is 0 Å². The molecule has 2 aromatic rings. The molecule has 124 valence electrons. The average molecular weight is 334 g/mol. The highest BCUT2D eigenvalue weighted by atomic mass is 32.2. The summed E-state index contributed by atoms with van der Waals surface area (Å²) in [6.45, 7) is 3.86. The molecule has 0 bridgehead atoms. The van der Waals surface area contributed by atoms with Crippen LogP contribution < -0.4 is 5.32 Å². The summed E-state index contributed by atoms with van der Waals surface area (Å²) in [7, 11) is -0.740. The number of para-hydroxylation sites is 1. The van der Waals surface area contributed by atoms with E-state index in [1.54, 1.807) is 6.07 Å². The van der Waals surface area contributed by atoms with Crippen LogP contribution in [-0.2, 0) is 10.8 Å². The third kappa shape index (κ3) is 3.55. The van der Waals surface area contributed by atoms with Gasteiger partial charge in [-0.05, 0) is 38.3 Å². The third-order valence-corrected chi connectivity index (χ3v) is 6.30. The maximum absolute atomic E-state index is 14.0. The number of pyridine rings is 1. The zero-order valence-corrected chi connectivity index (χ0v) is 14.5. The van der Waals surface area contributed by atoms with Gasteiger partial charge in [0.05, 0.1) is 0 Å². The Morgan fingerprint density at radius 1 is 1.39 bits per heavy atom. The Bertz CT molecular complexity index is 734. The molecule has 1 N–H and O–H groups in total. The van der Waals surface area contributed by atoms with E-state index in [0.29, 0.717) is 5.52 Å². The van der Waals surface area contributed by atoms with Gasteiger partial charge in [0.2, 0.25) is 0 Å². The molecule has 3 atom stereocenters. The summed E-state index contributed by atoms with van der Waals surface area (Å²) in [5.74, 6) is 0.433. The van der Waals surface area contributed by atoms with Crippen LogP contribution in [0.15, 0.2) is 24.3 Å². The quantitative estimate of drug-likeness (QED) is 0.912. The monoisotopic (exact) mass is 334 g/mol. The first-order valence-electron chi connectivity index (χ1n) is 8.28. The van der Waals surface area contributed by atoms with Crippen molar-refractivity contribution < 1.29 is 8.60 Å². The van der Waals surface area contributed by atoms with E-state index in [-0.39, 0.29) is 17.1 Å². The molecule has 1 aromatic carbocycles. The zero-order valence-electron chi connectivity index (χ0n) is 13.6. The van der Waals surface area contributed by atoms with Gasteiger partial charge in [-0.1, -0.05) is 25.5 Å². The van der Waals surface area contributed by atoms with Crippen LogP contribution in [0.4, 0.5) is 10.1 Å². The second-order valence-electron chi connectivity index (χ2n) is 6.25. The predicted octanol–water partition coefficient (Wildman–Crippen LogP) is 4.17. The second kappa shape index (κ2) is 6.95. The van der Waals surface area contributed by atoms with Crippen molar-refractivity contribution in [2.24, 2.45) is 0 Å². The average Bonchev–Trinajstić information content (AvgIpc) is 2.55. The molecule has 3 nitrogen and oxygen atoms in total. The van der Waals surface area contributed by atoms with Gasteiger partial charge in [0.1, 0.15) is 11.3 Å². The van der Waals surface area contributed by atoms with Crippen LogP contribution in [0.3, 0.4) is 0 Å². The van der Waals surface area contributed by atoms with Gasteiger partial charge in [-0.15, -0.1) is 0 Å². The number of rotatable bonds is 4. The van der Waals surface area contributed by atoms with Crippen LogP contribution in [-0.4, -0.2) is 26.2 Å².